The van der Waals surface area contributed by atoms with Gasteiger partial charge in [-0.1, -0.05) is 12.5 Å². The minimum Gasteiger partial charge on any atom is -0.497 e. The second-order valence-corrected chi connectivity index (χ2v) is 5.13. The predicted octanol–water partition coefficient (Wildman–Crippen LogP) is 1.80. The number of methoxy groups -OCH3 is 1. The van der Waals surface area contributed by atoms with Gasteiger partial charge in [-0.15, -0.1) is 0 Å². The summed E-state index contributed by atoms with van der Waals surface area (Å²) in [5.41, 5.74) is 6.39. The molecule has 1 aliphatic carbocycles. The van der Waals surface area contributed by atoms with E-state index in [-0.39, 0.29) is 5.91 Å². The number of carbonyl (C=O) groups is 1. The van der Waals surface area contributed by atoms with Crippen molar-refractivity contribution in [1.29, 1.82) is 0 Å². The van der Waals surface area contributed by atoms with Gasteiger partial charge in [0.15, 0.2) is 0 Å². The third-order valence-electron chi connectivity index (χ3n) is 3.98. The molecule has 19 heavy (non-hydrogen) atoms. The molecule has 0 radical (unpaired) electrons. The Bertz CT molecular complexity index is 434. The van der Waals surface area contributed by atoms with E-state index < -0.39 is 0 Å². The number of hydrogen-bond acceptors (Lipinski definition) is 3. The van der Waals surface area contributed by atoms with E-state index >= 15 is 0 Å². The van der Waals surface area contributed by atoms with E-state index in [9.17, 15) is 4.79 Å². The summed E-state index contributed by atoms with van der Waals surface area (Å²) in [7, 11) is 1.60. The third-order valence-corrected chi connectivity index (χ3v) is 3.98. The topological polar surface area (TPSA) is 64.3 Å². The molecule has 1 aromatic rings. The fourth-order valence-corrected chi connectivity index (χ4v) is 2.78. The van der Waals surface area contributed by atoms with E-state index in [1.807, 2.05) is 12.1 Å². The number of nitrogens with one attached hydrogen (secondary N) is 1. The maximum atomic E-state index is 12.1. The minimum absolute atomic E-state index is 0.0402. The van der Waals surface area contributed by atoms with Crippen LogP contribution in [0, 0.1) is 11.8 Å². The predicted molar refractivity (Wildman–Crippen MR) is 75.2 cm³/mol. The number of carbonyl (C=O) groups excluding carboxylic acids is 1. The molecule has 2 unspecified atom stereocenters. The normalized spacial score (nSPS) is 22.2. The second kappa shape index (κ2) is 6.57. The van der Waals surface area contributed by atoms with Crippen LogP contribution in [0.4, 0.5) is 0 Å². The molecule has 0 spiro atoms. The molecule has 3 N–H and O–H groups in total. The van der Waals surface area contributed by atoms with E-state index in [4.69, 9.17) is 10.5 Å². The molecule has 1 aromatic carbocycles. The number of nitrogens with two attached hydrogens (primary N) is 1. The van der Waals surface area contributed by atoms with E-state index in [1.165, 1.54) is 19.3 Å². The molecule has 0 bridgehead atoms. The summed E-state index contributed by atoms with van der Waals surface area (Å²) in [5.74, 6) is 1.75. The van der Waals surface area contributed by atoms with Crippen LogP contribution in [-0.4, -0.2) is 26.1 Å². The molecular weight excluding hydrogens is 240 g/mol. The Labute approximate surface area is 114 Å². The van der Waals surface area contributed by atoms with Gasteiger partial charge in [-0.3, -0.25) is 4.79 Å². The number of amides is 1. The smallest absolute Gasteiger partial charge is 0.251 e. The molecule has 1 saturated carbocycles. The highest BCUT2D eigenvalue weighted by Crippen LogP contribution is 2.30. The molecule has 104 valence electrons. The van der Waals surface area contributed by atoms with Crippen molar-refractivity contribution in [3.05, 3.63) is 29.8 Å². The van der Waals surface area contributed by atoms with Gasteiger partial charge in [0.05, 0.1) is 7.11 Å². The maximum Gasteiger partial charge on any atom is 0.251 e. The Morgan fingerprint density at radius 1 is 1.42 bits per heavy atom. The molecular formula is C15H22N2O2. The minimum atomic E-state index is -0.0402. The average molecular weight is 262 g/mol. The van der Waals surface area contributed by atoms with Crippen molar-refractivity contribution in [3.63, 3.8) is 0 Å². The molecule has 1 aliphatic rings. The highest BCUT2D eigenvalue weighted by molar-refractivity contribution is 5.94. The SMILES string of the molecule is COc1cccc(C(=O)NCC2CCCC2CN)c1. The highest BCUT2D eigenvalue weighted by atomic mass is 16.5. The van der Waals surface area contributed by atoms with Crippen molar-refractivity contribution in [2.24, 2.45) is 17.6 Å². The summed E-state index contributed by atoms with van der Waals surface area (Å²) >= 11 is 0. The van der Waals surface area contributed by atoms with Crippen LogP contribution in [0.3, 0.4) is 0 Å². The zero-order valence-corrected chi connectivity index (χ0v) is 11.4. The fraction of sp³-hybridized carbons (Fsp3) is 0.533. The third kappa shape index (κ3) is 3.47. The lowest BCUT2D eigenvalue weighted by molar-refractivity contribution is 0.0944. The Kier molecular flexibility index (Phi) is 4.80. The lowest BCUT2D eigenvalue weighted by Gasteiger charge is -2.18. The monoisotopic (exact) mass is 262 g/mol. The van der Waals surface area contributed by atoms with Crippen molar-refractivity contribution < 1.29 is 9.53 Å². The summed E-state index contributed by atoms with van der Waals surface area (Å²) in [5, 5.41) is 3.01. The highest BCUT2D eigenvalue weighted by Gasteiger charge is 2.26. The summed E-state index contributed by atoms with van der Waals surface area (Å²) in [6, 6.07) is 7.21. The van der Waals surface area contributed by atoms with Gasteiger partial charge in [0, 0.05) is 12.1 Å². The van der Waals surface area contributed by atoms with E-state index in [1.54, 1.807) is 19.2 Å². The zero-order valence-electron chi connectivity index (χ0n) is 11.4. The summed E-state index contributed by atoms with van der Waals surface area (Å²) in [6.07, 6.45) is 3.58. The van der Waals surface area contributed by atoms with Crippen LogP contribution in [0.25, 0.3) is 0 Å². The summed E-state index contributed by atoms with van der Waals surface area (Å²) in [6.45, 7) is 1.44. The zero-order chi connectivity index (χ0) is 13.7. The first-order valence-electron chi connectivity index (χ1n) is 6.87. The van der Waals surface area contributed by atoms with Gasteiger partial charge in [-0.25, -0.2) is 0 Å². The molecule has 0 saturated heterocycles. The Hall–Kier alpha value is -1.55. The van der Waals surface area contributed by atoms with Crippen molar-refractivity contribution in [2.75, 3.05) is 20.2 Å². The Morgan fingerprint density at radius 3 is 2.95 bits per heavy atom. The van der Waals surface area contributed by atoms with Gasteiger partial charge in [0.25, 0.3) is 5.91 Å². The lowest BCUT2D eigenvalue weighted by Crippen LogP contribution is -2.32. The number of rotatable bonds is 5. The molecule has 4 nitrogen and oxygen atoms in total. The van der Waals surface area contributed by atoms with Gasteiger partial charge >= 0.3 is 0 Å². The van der Waals surface area contributed by atoms with Crippen LogP contribution < -0.4 is 15.8 Å². The van der Waals surface area contributed by atoms with Crippen LogP contribution in [0.1, 0.15) is 29.6 Å². The van der Waals surface area contributed by atoms with E-state index in [2.05, 4.69) is 5.32 Å². The quantitative estimate of drug-likeness (QED) is 0.850. The summed E-state index contributed by atoms with van der Waals surface area (Å²) in [4.78, 5) is 12.1. The van der Waals surface area contributed by atoms with Crippen LogP contribution in [-0.2, 0) is 0 Å². The van der Waals surface area contributed by atoms with Gasteiger partial charge < -0.3 is 15.8 Å². The molecule has 2 atom stereocenters. The van der Waals surface area contributed by atoms with Crippen molar-refractivity contribution >= 4 is 5.91 Å². The number of benzene rings is 1. The molecule has 0 aromatic heterocycles. The van der Waals surface area contributed by atoms with Crippen LogP contribution in [0.15, 0.2) is 24.3 Å². The van der Waals surface area contributed by atoms with Crippen LogP contribution in [0.2, 0.25) is 0 Å². The molecule has 4 heteroatoms. The van der Waals surface area contributed by atoms with E-state index in [0.29, 0.717) is 23.1 Å². The van der Waals surface area contributed by atoms with Crippen molar-refractivity contribution in [1.82, 2.24) is 5.32 Å². The molecule has 0 heterocycles. The molecule has 2 rings (SSSR count). The molecule has 0 aliphatic heterocycles. The average Bonchev–Trinajstić information content (AvgIpc) is 2.92. The Morgan fingerprint density at radius 2 is 2.21 bits per heavy atom. The first-order valence-corrected chi connectivity index (χ1v) is 6.87. The van der Waals surface area contributed by atoms with Gasteiger partial charge in [0.2, 0.25) is 0 Å². The van der Waals surface area contributed by atoms with Gasteiger partial charge in [-0.05, 0) is 49.4 Å². The van der Waals surface area contributed by atoms with Crippen molar-refractivity contribution in [2.45, 2.75) is 19.3 Å². The maximum absolute atomic E-state index is 12.1. The number of ether oxygens (including phenoxy) is 1. The number of hydrogen-bond donors (Lipinski definition) is 2. The first-order chi connectivity index (χ1) is 9.24. The first kappa shape index (κ1) is 13.9. The van der Waals surface area contributed by atoms with Crippen molar-refractivity contribution in [3.8, 4) is 5.75 Å². The fourth-order valence-electron chi connectivity index (χ4n) is 2.78. The largest absolute Gasteiger partial charge is 0.497 e. The lowest BCUT2D eigenvalue weighted by atomic mass is 9.96. The standard InChI is InChI=1S/C15H22N2O2/c1-19-14-7-3-4-11(8-14)15(18)17-10-13-6-2-5-12(13)9-16/h3-4,7-8,12-13H,2,5-6,9-10,16H2,1H3,(H,17,18). The van der Waals surface area contributed by atoms with E-state index in [0.717, 1.165) is 13.1 Å². The summed E-state index contributed by atoms with van der Waals surface area (Å²) < 4.78 is 5.12. The molecule has 1 fully saturated rings. The van der Waals surface area contributed by atoms with Gasteiger partial charge in [0.1, 0.15) is 5.75 Å². The van der Waals surface area contributed by atoms with Crippen LogP contribution >= 0.6 is 0 Å². The van der Waals surface area contributed by atoms with Gasteiger partial charge in [-0.2, -0.15) is 0 Å². The second-order valence-electron chi connectivity index (χ2n) is 5.13. The molecule has 1 amide bonds. The Balaban J connectivity index is 1.90. The van der Waals surface area contributed by atoms with Crippen LogP contribution in [0.5, 0.6) is 5.75 Å².